The predicted octanol–water partition coefficient (Wildman–Crippen LogP) is 3.42. The molecule has 0 atom stereocenters. The second-order valence-corrected chi connectivity index (χ2v) is 5.95. The fourth-order valence-corrected chi connectivity index (χ4v) is 3.17. The summed E-state index contributed by atoms with van der Waals surface area (Å²) in [5.41, 5.74) is 0.816. The minimum Gasteiger partial charge on any atom is -0.464 e. The molecule has 0 unspecified atom stereocenters. The normalized spacial score (nSPS) is 10.3. The van der Waals surface area contributed by atoms with Crippen LogP contribution in [-0.2, 0) is 4.74 Å². The summed E-state index contributed by atoms with van der Waals surface area (Å²) in [6.45, 7) is 0. The fraction of sp³-hybridized carbons (Fsp3) is 0.111. The van der Waals surface area contributed by atoms with Crippen LogP contribution in [0.3, 0.4) is 0 Å². The Balaban J connectivity index is 2.31. The first-order valence-corrected chi connectivity index (χ1v) is 6.49. The standard InChI is InChI=1S/C9H6BrNO2S2/c1-13-9(12)8-11-5(4-14-8)6-2-3-7(10)15-6/h2-4H,1H3. The summed E-state index contributed by atoms with van der Waals surface area (Å²) < 4.78 is 5.64. The molecule has 3 nitrogen and oxygen atoms in total. The Morgan fingerprint density at radius 2 is 2.33 bits per heavy atom. The summed E-state index contributed by atoms with van der Waals surface area (Å²) in [5.74, 6) is -0.387. The minimum atomic E-state index is -0.387. The number of ether oxygens (including phenoxy) is 1. The lowest BCUT2D eigenvalue weighted by Gasteiger charge is -1.91. The molecule has 2 aromatic heterocycles. The molecule has 0 aliphatic carbocycles. The van der Waals surface area contributed by atoms with Crippen molar-refractivity contribution in [2.45, 2.75) is 0 Å². The third-order valence-electron chi connectivity index (χ3n) is 1.69. The van der Waals surface area contributed by atoms with E-state index in [1.807, 2.05) is 17.5 Å². The number of thiazole rings is 1. The van der Waals surface area contributed by atoms with Gasteiger partial charge in [-0.3, -0.25) is 0 Å². The molecule has 0 fully saturated rings. The second kappa shape index (κ2) is 4.42. The van der Waals surface area contributed by atoms with Crippen molar-refractivity contribution in [3.8, 4) is 10.6 Å². The molecule has 6 heteroatoms. The summed E-state index contributed by atoms with van der Waals surface area (Å²) in [4.78, 5) is 16.4. The van der Waals surface area contributed by atoms with Crippen LogP contribution < -0.4 is 0 Å². The van der Waals surface area contributed by atoms with Crippen LogP contribution in [0.15, 0.2) is 21.3 Å². The molecule has 78 valence electrons. The molecular weight excluding hydrogens is 298 g/mol. The average Bonchev–Trinajstić information content (AvgIpc) is 2.84. The van der Waals surface area contributed by atoms with E-state index in [4.69, 9.17) is 0 Å². The average molecular weight is 304 g/mol. The van der Waals surface area contributed by atoms with E-state index in [1.165, 1.54) is 18.4 Å². The number of hydrogen-bond donors (Lipinski definition) is 0. The van der Waals surface area contributed by atoms with Gasteiger partial charge in [0, 0.05) is 5.38 Å². The van der Waals surface area contributed by atoms with Crippen molar-refractivity contribution >= 4 is 44.6 Å². The van der Waals surface area contributed by atoms with Gasteiger partial charge in [0.25, 0.3) is 0 Å². The van der Waals surface area contributed by atoms with E-state index in [0.29, 0.717) is 5.01 Å². The number of halogens is 1. The zero-order valence-corrected chi connectivity index (χ0v) is 10.9. The lowest BCUT2D eigenvalue weighted by Crippen LogP contribution is -1.99. The van der Waals surface area contributed by atoms with Crippen LogP contribution in [-0.4, -0.2) is 18.1 Å². The third-order valence-corrected chi connectivity index (χ3v) is 4.16. The largest absolute Gasteiger partial charge is 0.464 e. The molecule has 0 aromatic carbocycles. The molecule has 2 aromatic rings. The Kier molecular flexibility index (Phi) is 3.18. The van der Waals surface area contributed by atoms with Gasteiger partial charge in [0.1, 0.15) is 0 Å². The molecular formula is C9H6BrNO2S2. The lowest BCUT2D eigenvalue weighted by atomic mass is 10.4. The first-order valence-electron chi connectivity index (χ1n) is 4.00. The molecule has 0 aliphatic rings. The maximum absolute atomic E-state index is 11.2. The van der Waals surface area contributed by atoms with Gasteiger partial charge in [0.2, 0.25) is 5.01 Å². The van der Waals surface area contributed by atoms with Crippen molar-refractivity contribution in [3.05, 3.63) is 26.3 Å². The lowest BCUT2D eigenvalue weighted by molar-refractivity contribution is 0.0600. The number of esters is 1. The van der Waals surface area contributed by atoms with Crippen molar-refractivity contribution in [2.24, 2.45) is 0 Å². The number of hydrogen-bond acceptors (Lipinski definition) is 5. The van der Waals surface area contributed by atoms with Gasteiger partial charge >= 0.3 is 5.97 Å². The monoisotopic (exact) mass is 303 g/mol. The van der Waals surface area contributed by atoms with Crippen LogP contribution >= 0.6 is 38.6 Å². The van der Waals surface area contributed by atoms with Crippen LogP contribution in [0.4, 0.5) is 0 Å². The zero-order valence-electron chi connectivity index (χ0n) is 7.69. The number of rotatable bonds is 2. The van der Waals surface area contributed by atoms with Gasteiger partial charge in [0.15, 0.2) is 0 Å². The maximum Gasteiger partial charge on any atom is 0.367 e. The molecule has 2 rings (SSSR count). The van der Waals surface area contributed by atoms with Gasteiger partial charge in [-0.15, -0.1) is 22.7 Å². The minimum absolute atomic E-state index is 0.386. The van der Waals surface area contributed by atoms with E-state index in [0.717, 1.165) is 14.4 Å². The third kappa shape index (κ3) is 2.27. The van der Waals surface area contributed by atoms with Crippen LogP contribution in [0.1, 0.15) is 9.80 Å². The van der Waals surface area contributed by atoms with Crippen LogP contribution in [0.2, 0.25) is 0 Å². The molecule has 0 N–H and O–H groups in total. The molecule has 2 heterocycles. The Labute approximate surface area is 103 Å². The fourth-order valence-electron chi connectivity index (χ4n) is 1.02. The second-order valence-electron chi connectivity index (χ2n) is 2.63. The molecule has 15 heavy (non-hydrogen) atoms. The highest BCUT2D eigenvalue weighted by Crippen LogP contribution is 2.31. The molecule has 0 saturated heterocycles. The molecule has 0 saturated carbocycles. The highest BCUT2D eigenvalue weighted by molar-refractivity contribution is 9.11. The highest BCUT2D eigenvalue weighted by Gasteiger charge is 2.12. The molecule has 0 aliphatic heterocycles. The van der Waals surface area contributed by atoms with E-state index < -0.39 is 0 Å². The summed E-state index contributed by atoms with van der Waals surface area (Å²) in [5, 5.41) is 2.24. The van der Waals surface area contributed by atoms with Crippen LogP contribution in [0.25, 0.3) is 10.6 Å². The van der Waals surface area contributed by atoms with Crippen molar-refractivity contribution < 1.29 is 9.53 Å². The van der Waals surface area contributed by atoms with E-state index in [2.05, 4.69) is 25.7 Å². The quantitative estimate of drug-likeness (QED) is 0.798. The van der Waals surface area contributed by atoms with Gasteiger partial charge in [-0.2, -0.15) is 0 Å². The van der Waals surface area contributed by atoms with E-state index in [-0.39, 0.29) is 5.97 Å². The van der Waals surface area contributed by atoms with Gasteiger partial charge in [-0.05, 0) is 28.1 Å². The van der Waals surface area contributed by atoms with Gasteiger partial charge in [-0.25, -0.2) is 9.78 Å². The molecule has 0 amide bonds. The Morgan fingerprint density at radius 1 is 1.53 bits per heavy atom. The first-order chi connectivity index (χ1) is 7.20. The number of methoxy groups -OCH3 is 1. The summed E-state index contributed by atoms with van der Waals surface area (Å²) in [6.07, 6.45) is 0. The van der Waals surface area contributed by atoms with Crippen LogP contribution in [0, 0.1) is 0 Å². The summed E-state index contributed by atoms with van der Waals surface area (Å²) in [7, 11) is 1.35. The van der Waals surface area contributed by atoms with Gasteiger partial charge < -0.3 is 4.74 Å². The van der Waals surface area contributed by atoms with E-state index >= 15 is 0 Å². The van der Waals surface area contributed by atoms with Crippen LogP contribution in [0.5, 0.6) is 0 Å². The first kappa shape index (κ1) is 10.8. The van der Waals surface area contributed by atoms with Gasteiger partial charge in [0.05, 0.1) is 21.5 Å². The summed E-state index contributed by atoms with van der Waals surface area (Å²) in [6, 6.07) is 3.92. The molecule has 0 spiro atoms. The van der Waals surface area contributed by atoms with E-state index in [1.54, 1.807) is 11.3 Å². The smallest absolute Gasteiger partial charge is 0.367 e. The van der Waals surface area contributed by atoms with E-state index in [9.17, 15) is 4.79 Å². The zero-order chi connectivity index (χ0) is 10.8. The molecule has 0 bridgehead atoms. The van der Waals surface area contributed by atoms with Crippen molar-refractivity contribution in [1.29, 1.82) is 0 Å². The van der Waals surface area contributed by atoms with Crippen molar-refractivity contribution in [3.63, 3.8) is 0 Å². The topological polar surface area (TPSA) is 39.2 Å². The number of thiophene rings is 1. The predicted molar refractivity (Wildman–Crippen MR) is 64.5 cm³/mol. The SMILES string of the molecule is COC(=O)c1nc(-c2ccc(Br)s2)cs1. The van der Waals surface area contributed by atoms with Crippen molar-refractivity contribution in [2.75, 3.05) is 7.11 Å². The Hall–Kier alpha value is -0.720. The van der Waals surface area contributed by atoms with Crippen molar-refractivity contribution in [1.82, 2.24) is 4.98 Å². The number of carbonyl (C=O) groups is 1. The number of carbonyl (C=O) groups excluding carboxylic acids is 1. The number of nitrogens with zero attached hydrogens (tertiary/aromatic N) is 1. The van der Waals surface area contributed by atoms with Gasteiger partial charge in [-0.1, -0.05) is 0 Å². The number of aromatic nitrogens is 1. The highest BCUT2D eigenvalue weighted by atomic mass is 79.9. The molecule has 0 radical (unpaired) electrons. The summed E-state index contributed by atoms with van der Waals surface area (Å²) >= 11 is 6.26. The Morgan fingerprint density at radius 3 is 2.93 bits per heavy atom. The maximum atomic E-state index is 11.2. The Bertz CT molecular complexity index is 492.